The fraction of sp³-hybridized carbons (Fsp3) is 0.500. The zero-order valence-corrected chi connectivity index (χ0v) is 11.6. The van der Waals surface area contributed by atoms with Crippen molar-refractivity contribution in [3.63, 3.8) is 0 Å². The Morgan fingerprint density at radius 2 is 1.85 bits per heavy atom. The molecular weight excluding hydrogens is 252 g/mol. The lowest BCUT2D eigenvalue weighted by molar-refractivity contribution is 0.0697. The molecule has 0 saturated heterocycles. The summed E-state index contributed by atoms with van der Waals surface area (Å²) in [6.07, 6.45) is 10.8. The number of nitrogens with zero attached hydrogens (tertiary/aromatic N) is 2. The number of hydrogen-bond acceptors (Lipinski definition) is 2. The number of aromatic nitrogens is 2. The van der Waals surface area contributed by atoms with Gasteiger partial charge in [-0.05, 0) is 31.0 Å². The normalized spacial score (nSPS) is 17.8. The number of carboxylic acid groups (broad SMARTS) is 1. The van der Waals surface area contributed by atoms with Crippen molar-refractivity contribution in [2.75, 3.05) is 0 Å². The van der Waals surface area contributed by atoms with Crippen molar-refractivity contribution in [3.8, 4) is 0 Å². The van der Waals surface area contributed by atoms with Gasteiger partial charge >= 0.3 is 5.97 Å². The molecule has 0 unspecified atom stereocenters. The molecule has 1 aliphatic carbocycles. The van der Waals surface area contributed by atoms with Crippen LogP contribution in [0.1, 0.15) is 61.3 Å². The quantitative estimate of drug-likeness (QED) is 0.898. The zero-order chi connectivity index (χ0) is 13.9. The highest BCUT2D eigenvalue weighted by Gasteiger charge is 2.16. The number of rotatable bonds is 2. The van der Waals surface area contributed by atoms with Crippen LogP contribution in [0.2, 0.25) is 0 Å². The van der Waals surface area contributed by atoms with Gasteiger partial charge in [-0.15, -0.1) is 0 Å². The van der Waals surface area contributed by atoms with Gasteiger partial charge in [-0.25, -0.2) is 9.78 Å². The van der Waals surface area contributed by atoms with Crippen molar-refractivity contribution in [1.29, 1.82) is 0 Å². The average Bonchev–Trinajstić information content (AvgIpc) is 2.81. The van der Waals surface area contributed by atoms with E-state index in [0.717, 1.165) is 11.0 Å². The fourth-order valence-electron chi connectivity index (χ4n) is 3.17. The van der Waals surface area contributed by atoms with Gasteiger partial charge in [-0.1, -0.05) is 32.1 Å². The molecular formula is C16H20N2O2. The van der Waals surface area contributed by atoms with Crippen LogP contribution in [0.5, 0.6) is 0 Å². The highest BCUT2D eigenvalue weighted by molar-refractivity contribution is 5.92. The Hall–Kier alpha value is -1.84. The Morgan fingerprint density at radius 3 is 2.55 bits per heavy atom. The van der Waals surface area contributed by atoms with E-state index in [1.807, 2.05) is 12.4 Å². The van der Waals surface area contributed by atoms with E-state index in [0.29, 0.717) is 11.6 Å². The van der Waals surface area contributed by atoms with Crippen molar-refractivity contribution in [3.05, 3.63) is 30.1 Å². The number of hydrogen-bond donors (Lipinski definition) is 1. The maximum atomic E-state index is 11.0. The van der Waals surface area contributed by atoms with E-state index in [4.69, 9.17) is 5.11 Å². The number of carboxylic acids is 1. The molecule has 1 aliphatic rings. The summed E-state index contributed by atoms with van der Waals surface area (Å²) >= 11 is 0. The van der Waals surface area contributed by atoms with E-state index in [9.17, 15) is 4.79 Å². The van der Waals surface area contributed by atoms with Crippen LogP contribution in [0, 0.1) is 0 Å². The first-order chi connectivity index (χ1) is 9.75. The lowest BCUT2D eigenvalue weighted by atomic mass is 9.96. The maximum absolute atomic E-state index is 11.0. The molecule has 0 spiro atoms. The first-order valence-electron chi connectivity index (χ1n) is 7.45. The van der Waals surface area contributed by atoms with Crippen LogP contribution < -0.4 is 0 Å². The van der Waals surface area contributed by atoms with Gasteiger partial charge in [0.25, 0.3) is 0 Å². The number of imidazole rings is 1. The summed E-state index contributed by atoms with van der Waals surface area (Å²) in [7, 11) is 0. The van der Waals surface area contributed by atoms with Crippen molar-refractivity contribution in [2.45, 2.75) is 51.0 Å². The molecule has 106 valence electrons. The van der Waals surface area contributed by atoms with Crippen molar-refractivity contribution < 1.29 is 9.90 Å². The first-order valence-corrected chi connectivity index (χ1v) is 7.45. The summed E-state index contributed by atoms with van der Waals surface area (Å²) in [6, 6.07) is 5.74. The minimum absolute atomic E-state index is 0.306. The highest BCUT2D eigenvalue weighted by atomic mass is 16.4. The van der Waals surface area contributed by atoms with Gasteiger partial charge in [0.05, 0.1) is 22.9 Å². The third-order valence-corrected chi connectivity index (χ3v) is 4.29. The summed E-state index contributed by atoms with van der Waals surface area (Å²) in [5.74, 6) is -0.896. The van der Waals surface area contributed by atoms with Gasteiger partial charge in [0, 0.05) is 6.04 Å². The van der Waals surface area contributed by atoms with E-state index >= 15 is 0 Å². The third-order valence-electron chi connectivity index (χ3n) is 4.29. The van der Waals surface area contributed by atoms with Crippen LogP contribution in [-0.4, -0.2) is 20.6 Å². The molecule has 1 fully saturated rings. The van der Waals surface area contributed by atoms with Crippen LogP contribution in [0.3, 0.4) is 0 Å². The molecule has 1 heterocycles. The molecule has 0 bridgehead atoms. The number of fused-ring (bicyclic) bond motifs is 1. The summed E-state index contributed by atoms with van der Waals surface area (Å²) in [5.41, 5.74) is 2.15. The van der Waals surface area contributed by atoms with Gasteiger partial charge < -0.3 is 9.67 Å². The van der Waals surface area contributed by atoms with E-state index < -0.39 is 5.97 Å². The molecule has 0 radical (unpaired) electrons. The van der Waals surface area contributed by atoms with E-state index in [2.05, 4.69) is 9.55 Å². The summed E-state index contributed by atoms with van der Waals surface area (Å²) < 4.78 is 2.24. The lowest BCUT2D eigenvalue weighted by Gasteiger charge is -2.21. The standard InChI is InChI=1S/C16H20N2O2/c19-16(20)12-8-9-15-14(10-12)17-11-18(15)13-6-4-2-1-3-5-7-13/h8-11,13H,1-7H2,(H,19,20). The van der Waals surface area contributed by atoms with Crippen LogP contribution in [0.15, 0.2) is 24.5 Å². The van der Waals surface area contributed by atoms with Crippen molar-refractivity contribution in [1.82, 2.24) is 9.55 Å². The Labute approximate surface area is 118 Å². The number of aromatic carboxylic acids is 1. The van der Waals surface area contributed by atoms with Crippen LogP contribution in [0.4, 0.5) is 0 Å². The molecule has 1 saturated carbocycles. The molecule has 4 heteroatoms. The SMILES string of the molecule is O=C(O)c1ccc2c(c1)ncn2C1CCCCCCC1. The van der Waals surface area contributed by atoms with Crippen molar-refractivity contribution in [2.24, 2.45) is 0 Å². The largest absolute Gasteiger partial charge is 0.478 e. The van der Waals surface area contributed by atoms with Gasteiger partial charge in [-0.2, -0.15) is 0 Å². The van der Waals surface area contributed by atoms with Gasteiger partial charge in [0.1, 0.15) is 0 Å². The topological polar surface area (TPSA) is 55.1 Å². The van der Waals surface area contributed by atoms with Crippen LogP contribution in [0.25, 0.3) is 11.0 Å². The molecule has 1 aromatic carbocycles. The average molecular weight is 272 g/mol. The van der Waals surface area contributed by atoms with Crippen molar-refractivity contribution >= 4 is 17.0 Å². The zero-order valence-electron chi connectivity index (χ0n) is 11.6. The molecule has 20 heavy (non-hydrogen) atoms. The first kappa shape index (κ1) is 13.2. The van der Waals surface area contributed by atoms with Gasteiger partial charge in [0.15, 0.2) is 0 Å². The third kappa shape index (κ3) is 2.55. The molecule has 3 rings (SSSR count). The fourth-order valence-corrected chi connectivity index (χ4v) is 3.17. The van der Waals surface area contributed by atoms with Crippen LogP contribution in [-0.2, 0) is 0 Å². The highest BCUT2D eigenvalue weighted by Crippen LogP contribution is 2.29. The second-order valence-electron chi connectivity index (χ2n) is 5.66. The predicted octanol–water partition coefficient (Wildman–Crippen LogP) is 4.02. The maximum Gasteiger partial charge on any atom is 0.335 e. The molecule has 1 N–H and O–H groups in total. The molecule has 1 aromatic heterocycles. The summed E-state index contributed by atoms with van der Waals surface area (Å²) in [5, 5.41) is 9.03. The second kappa shape index (κ2) is 5.65. The second-order valence-corrected chi connectivity index (χ2v) is 5.66. The molecule has 2 aromatic rings. The smallest absolute Gasteiger partial charge is 0.335 e. The minimum atomic E-state index is -0.896. The molecule has 0 amide bonds. The summed E-state index contributed by atoms with van der Waals surface area (Å²) in [4.78, 5) is 15.4. The minimum Gasteiger partial charge on any atom is -0.478 e. The lowest BCUT2D eigenvalue weighted by Crippen LogP contribution is -2.10. The molecule has 0 aliphatic heterocycles. The summed E-state index contributed by atoms with van der Waals surface area (Å²) in [6.45, 7) is 0. The monoisotopic (exact) mass is 272 g/mol. The Balaban J connectivity index is 1.92. The predicted molar refractivity (Wildman–Crippen MR) is 78.0 cm³/mol. The Morgan fingerprint density at radius 1 is 1.15 bits per heavy atom. The number of benzene rings is 1. The molecule has 4 nitrogen and oxygen atoms in total. The van der Waals surface area contributed by atoms with Gasteiger partial charge in [-0.3, -0.25) is 0 Å². The Kier molecular flexibility index (Phi) is 3.72. The van der Waals surface area contributed by atoms with E-state index in [1.165, 1.54) is 44.9 Å². The number of carbonyl (C=O) groups is 1. The van der Waals surface area contributed by atoms with E-state index in [-0.39, 0.29) is 0 Å². The van der Waals surface area contributed by atoms with E-state index in [1.54, 1.807) is 12.1 Å². The van der Waals surface area contributed by atoms with Crippen LogP contribution >= 0.6 is 0 Å². The Bertz CT molecular complexity index is 610. The van der Waals surface area contributed by atoms with Gasteiger partial charge in [0.2, 0.25) is 0 Å². The molecule has 0 atom stereocenters.